The highest BCUT2D eigenvalue weighted by Crippen LogP contribution is 2.30. The number of nitrogens with zero attached hydrogens (tertiary/aromatic N) is 1. The summed E-state index contributed by atoms with van der Waals surface area (Å²) in [5.74, 6) is -1.12. The van der Waals surface area contributed by atoms with E-state index in [2.05, 4.69) is 5.32 Å². The van der Waals surface area contributed by atoms with E-state index in [1.54, 1.807) is 39.0 Å². The van der Waals surface area contributed by atoms with Gasteiger partial charge in [0.25, 0.3) is 0 Å². The minimum atomic E-state index is -0.600. The molecule has 130 valence electrons. The molecule has 0 aliphatic carbocycles. The summed E-state index contributed by atoms with van der Waals surface area (Å²) in [4.78, 5) is 36.9. The third-order valence-corrected chi connectivity index (χ3v) is 3.67. The van der Waals surface area contributed by atoms with Crippen LogP contribution in [0, 0.1) is 12.8 Å². The number of hydrogen-bond donors (Lipinski definition) is 2. The number of ether oxygens (including phenoxy) is 1. The highest BCUT2D eigenvalue weighted by molar-refractivity contribution is 6.01. The Morgan fingerprint density at radius 1 is 1.33 bits per heavy atom. The summed E-state index contributed by atoms with van der Waals surface area (Å²) in [5, 5.41) is 2.65. The molecule has 1 aromatic carbocycles. The number of nitrogens with one attached hydrogen (secondary N) is 1. The highest BCUT2D eigenvalue weighted by Gasteiger charge is 2.34. The first-order chi connectivity index (χ1) is 11.1. The van der Waals surface area contributed by atoms with E-state index in [0.717, 1.165) is 5.56 Å². The smallest absolute Gasteiger partial charge is 0.412 e. The third-order valence-electron chi connectivity index (χ3n) is 3.67. The molecule has 1 heterocycles. The Bertz CT molecular complexity index is 679. The fourth-order valence-electron chi connectivity index (χ4n) is 2.53. The molecule has 7 nitrogen and oxygen atoms in total. The molecule has 1 aliphatic rings. The number of carbonyl (C=O) groups excluding carboxylic acids is 3. The van der Waals surface area contributed by atoms with Gasteiger partial charge in [0.05, 0.1) is 5.92 Å². The first-order valence-corrected chi connectivity index (χ1v) is 7.77. The fraction of sp³-hybridized carbons (Fsp3) is 0.471. The van der Waals surface area contributed by atoms with Gasteiger partial charge in [-0.3, -0.25) is 14.9 Å². The van der Waals surface area contributed by atoms with Crippen molar-refractivity contribution in [1.82, 2.24) is 0 Å². The SMILES string of the molecule is Cc1ccc(NC(=O)OC(C)(C)C)cc1N1CC(C(N)=O)CC1=O. The van der Waals surface area contributed by atoms with Crippen LogP contribution in [0.25, 0.3) is 0 Å². The van der Waals surface area contributed by atoms with Gasteiger partial charge >= 0.3 is 6.09 Å². The maximum Gasteiger partial charge on any atom is 0.412 e. The summed E-state index contributed by atoms with van der Waals surface area (Å²) in [5.41, 5.74) is 6.73. The topological polar surface area (TPSA) is 102 Å². The number of carbonyl (C=O) groups is 3. The van der Waals surface area contributed by atoms with Crippen molar-refractivity contribution in [2.75, 3.05) is 16.8 Å². The van der Waals surface area contributed by atoms with E-state index in [1.807, 2.05) is 6.92 Å². The zero-order valence-electron chi connectivity index (χ0n) is 14.4. The molecule has 1 saturated heterocycles. The van der Waals surface area contributed by atoms with E-state index in [1.165, 1.54) is 4.90 Å². The molecule has 1 aromatic rings. The lowest BCUT2D eigenvalue weighted by atomic mass is 10.1. The third kappa shape index (κ3) is 4.24. The number of nitrogens with two attached hydrogens (primary N) is 1. The monoisotopic (exact) mass is 333 g/mol. The molecular weight excluding hydrogens is 310 g/mol. The summed E-state index contributed by atoms with van der Waals surface area (Å²) in [6.45, 7) is 7.45. The maximum absolute atomic E-state index is 12.2. The zero-order chi connectivity index (χ0) is 18.1. The summed E-state index contributed by atoms with van der Waals surface area (Å²) >= 11 is 0. The molecule has 1 atom stereocenters. The lowest BCUT2D eigenvalue weighted by molar-refractivity contribution is -0.123. The van der Waals surface area contributed by atoms with E-state index in [0.29, 0.717) is 11.4 Å². The number of amides is 3. The number of aryl methyl sites for hydroxylation is 1. The minimum Gasteiger partial charge on any atom is -0.444 e. The van der Waals surface area contributed by atoms with Gasteiger partial charge in [-0.05, 0) is 45.4 Å². The van der Waals surface area contributed by atoms with Crippen LogP contribution in [0.4, 0.5) is 16.2 Å². The van der Waals surface area contributed by atoms with Gasteiger partial charge in [0.15, 0.2) is 0 Å². The largest absolute Gasteiger partial charge is 0.444 e. The van der Waals surface area contributed by atoms with E-state index >= 15 is 0 Å². The van der Waals surface area contributed by atoms with Crippen molar-refractivity contribution < 1.29 is 19.1 Å². The molecule has 0 saturated carbocycles. The Hall–Kier alpha value is -2.57. The van der Waals surface area contributed by atoms with E-state index in [-0.39, 0.29) is 18.9 Å². The highest BCUT2D eigenvalue weighted by atomic mass is 16.6. The molecule has 3 amide bonds. The second-order valence-corrected chi connectivity index (χ2v) is 6.94. The fourth-order valence-corrected chi connectivity index (χ4v) is 2.53. The molecule has 7 heteroatoms. The summed E-state index contributed by atoms with van der Waals surface area (Å²) in [6.07, 6.45) is -0.460. The van der Waals surface area contributed by atoms with Gasteiger partial charge in [-0.1, -0.05) is 6.07 Å². The van der Waals surface area contributed by atoms with E-state index < -0.39 is 23.5 Å². The standard InChI is InChI=1S/C17H23N3O4/c1-10-5-6-12(19-16(23)24-17(2,3)4)8-13(10)20-9-11(15(18)22)7-14(20)21/h5-6,8,11H,7,9H2,1-4H3,(H2,18,22)(H,19,23). The molecule has 1 fully saturated rings. The first-order valence-electron chi connectivity index (χ1n) is 7.77. The van der Waals surface area contributed by atoms with Crippen molar-refractivity contribution in [3.8, 4) is 0 Å². The second kappa shape index (κ2) is 6.51. The van der Waals surface area contributed by atoms with Crippen LogP contribution < -0.4 is 16.0 Å². The average molecular weight is 333 g/mol. The van der Waals surface area contributed by atoms with Gasteiger partial charge in [0, 0.05) is 24.3 Å². The van der Waals surface area contributed by atoms with Gasteiger partial charge in [0.2, 0.25) is 11.8 Å². The molecule has 1 aliphatic heterocycles. The second-order valence-electron chi connectivity index (χ2n) is 6.94. The van der Waals surface area contributed by atoms with Crippen molar-refractivity contribution in [3.05, 3.63) is 23.8 Å². The van der Waals surface area contributed by atoms with Gasteiger partial charge in [-0.25, -0.2) is 4.79 Å². The van der Waals surface area contributed by atoms with Crippen LogP contribution in [0.15, 0.2) is 18.2 Å². The normalized spacial score (nSPS) is 17.8. The molecular formula is C17H23N3O4. The zero-order valence-corrected chi connectivity index (χ0v) is 14.4. The van der Waals surface area contributed by atoms with Crippen LogP contribution in [-0.2, 0) is 14.3 Å². The quantitative estimate of drug-likeness (QED) is 0.885. The molecule has 0 radical (unpaired) electrons. The Morgan fingerprint density at radius 2 is 2.00 bits per heavy atom. The van der Waals surface area contributed by atoms with Gasteiger partial charge in [-0.2, -0.15) is 0 Å². The molecule has 2 rings (SSSR count). The number of benzene rings is 1. The maximum atomic E-state index is 12.2. The molecule has 24 heavy (non-hydrogen) atoms. The Kier molecular flexibility index (Phi) is 4.82. The summed E-state index contributed by atoms with van der Waals surface area (Å²) in [7, 11) is 0. The van der Waals surface area contributed by atoms with Crippen molar-refractivity contribution in [2.45, 2.75) is 39.7 Å². The van der Waals surface area contributed by atoms with Crippen molar-refractivity contribution in [1.29, 1.82) is 0 Å². The molecule has 0 bridgehead atoms. The van der Waals surface area contributed by atoms with Gasteiger partial charge in [-0.15, -0.1) is 0 Å². The van der Waals surface area contributed by atoms with E-state index in [4.69, 9.17) is 10.5 Å². The first kappa shape index (κ1) is 17.8. The number of rotatable bonds is 3. The van der Waals surface area contributed by atoms with E-state index in [9.17, 15) is 14.4 Å². The lowest BCUT2D eigenvalue weighted by Crippen LogP contribution is -2.29. The minimum absolute atomic E-state index is 0.110. The lowest BCUT2D eigenvalue weighted by Gasteiger charge is -2.22. The van der Waals surface area contributed by atoms with Crippen molar-refractivity contribution >= 4 is 29.3 Å². The van der Waals surface area contributed by atoms with Crippen LogP contribution in [0.2, 0.25) is 0 Å². The Morgan fingerprint density at radius 3 is 2.54 bits per heavy atom. The number of hydrogen-bond acceptors (Lipinski definition) is 4. The average Bonchev–Trinajstić information content (AvgIpc) is 2.81. The number of anilines is 2. The summed E-state index contributed by atoms with van der Waals surface area (Å²) in [6, 6.07) is 5.22. The molecule has 0 aromatic heterocycles. The van der Waals surface area contributed by atoms with Crippen molar-refractivity contribution in [2.24, 2.45) is 11.7 Å². The summed E-state index contributed by atoms with van der Waals surface area (Å²) < 4.78 is 5.22. The Labute approximate surface area is 141 Å². The predicted molar refractivity (Wildman–Crippen MR) is 90.7 cm³/mol. The van der Waals surface area contributed by atoms with Crippen LogP contribution in [-0.4, -0.2) is 30.1 Å². The predicted octanol–water partition coefficient (Wildman–Crippen LogP) is 2.18. The number of primary amides is 1. The van der Waals surface area contributed by atoms with Gasteiger partial charge in [0.1, 0.15) is 5.60 Å². The van der Waals surface area contributed by atoms with Crippen molar-refractivity contribution in [3.63, 3.8) is 0 Å². The Balaban J connectivity index is 2.19. The van der Waals surface area contributed by atoms with Crippen LogP contribution in [0.1, 0.15) is 32.8 Å². The van der Waals surface area contributed by atoms with Gasteiger partial charge < -0.3 is 15.4 Å². The van der Waals surface area contributed by atoms with Crippen LogP contribution in [0.3, 0.4) is 0 Å². The molecule has 1 unspecified atom stereocenters. The van der Waals surface area contributed by atoms with Crippen LogP contribution in [0.5, 0.6) is 0 Å². The molecule has 3 N–H and O–H groups in total. The van der Waals surface area contributed by atoms with Crippen LogP contribution >= 0.6 is 0 Å². The molecule has 0 spiro atoms.